The van der Waals surface area contributed by atoms with Gasteiger partial charge in [-0.05, 0) is 25.8 Å². The number of carboxylic acids is 1. The predicted molar refractivity (Wildman–Crippen MR) is 66.9 cm³/mol. The van der Waals surface area contributed by atoms with E-state index < -0.39 is 21.9 Å². The van der Waals surface area contributed by atoms with Gasteiger partial charge in [-0.1, -0.05) is 0 Å². The van der Waals surface area contributed by atoms with Crippen LogP contribution in [0.1, 0.15) is 19.8 Å². The summed E-state index contributed by atoms with van der Waals surface area (Å²) < 4.78 is 27.6. The first-order valence-corrected chi connectivity index (χ1v) is 7.50. The second-order valence-corrected chi connectivity index (χ2v) is 6.67. The molecule has 0 aromatic carbocycles. The van der Waals surface area contributed by atoms with Crippen molar-refractivity contribution in [2.75, 3.05) is 6.54 Å². The molecule has 2 atom stereocenters. The second-order valence-electron chi connectivity index (χ2n) is 4.83. The summed E-state index contributed by atoms with van der Waals surface area (Å²) in [6, 6.07) is 1.22. The van der Waals surface area contributed by atoms with E-state index in [-0.39, 0.29) is 17.6 Å². The summed E-state index contributed by atoms with van der Waals surface area (Å²) in [5.74, 6) is -1.59. The molecule has 2 heterocycles. The van der Waals surface area contributed by atoms with Crippen molar-refractivity contribution in [3.05, 3.63) is 12.3 Å². The van der Waals surface area contributed by atoms with E-state index in [0.29, 0.717) is 12.8 Å². The quantitative estimate of drug-likeness (QED) is 0.862. The number of rotatable bonds is 3. The van der Waals surface area contributed by atoms with Crippen LogP contribution in [0, 0.1) is 5.92 Å². The molecule has 2 unspecified atom stereocenters. The standard InChI is InChI=1S/C11H17N3O4S/c1-8-3-4-9(11(15)16)7-14(8)19(17,18)10-5-6-12-13(10)2/h5-6,8-9H,3-4,7H2,1-2H3,(H,15,16). The lowest BCUT2D eigenvalue weighted by Crippen LogP contribution is -2.47. The highest BCUT2D eigenvalue weighted by atomic mass is 32.2. The molecule has 1 N–H and O–H groups in total. The lowest BCUT2D eigenvalue weighted by atomic mass is 9.96. The fourth-order valence-electron chi connectivity index (χ4n) is 2.35. The zero-order valence-electron chi connectivity index (χ0n) is 10.9. The van der Waals surface area contributed by atoms with Crippen LogP contribution in [-0.4, -0.2) is 46.2 Å². The van der Waals surface area contributed by atoms with Gasteiger partial charge in [-0.15, -0.1) is 0 Å². The van der Waals surface area contributed by atoms with E-state index in [1.165, 1.54) is 21.3 Å². The van der Waals surface area contributed by atoms with Crippen molar-refractivity contribution in [1.29, 1.82) is 0 Å². The number of carboxylic acid groups (broad SMARTS) is 1. The average Bonchev–Trinajstić information content (AvgIpc) is 2.76. The first-order chi connectivity index (χ1) is 8.84. The Morgan fingerprint density at radius 1 is 1.47 bits per heavy atom. The Labute approximate surface area is 111 Å². The summed E-state index contributed by atoms with van der Waals surface area (Å²) in [5.41, 5.74) is 0. The molecule has 1 aromatic rings. The molecule has 8 heteroatoms. The Kier molecular flexibility index (Phi) is 3.64. The van der Waals surface area contributed by atoms with Gasteiger partial charge in [0.2, 0.25) is 0 Å². The molecule has 0 aliphatic carbocycles. The summed E-state index contributed by atoms with van der Waals surface area (Å²) in [5, 5.41) is 13.0. The fourth-order valence-corrected chi connectivity index (χ4v) is 4.16. The number of piperidine rings is 1. The molecule has 0 amide bonds. The average molecular weight is 287 g/mol. The molecule has 1 aliphatic rings. The SMILES string of the molecule is CC1CCC(C(=O)O)CN1S(=O)(=O)c1ccnn1C. The lowest BCUT2D eigenvalue weighted by molar-refractivity contribution is -0.143. The molecule has 7 nitrogen and oxygen atoms in total. The maximum absolute atomic E-state index is 12.5. The van der Waals surface area contributed by atoms with Crippen molar-refractivity contribution in [2.45, 2.75) is 30.8 Å². The maximum atomic E-state index is 12.5. The summed E-state index contributed by atoms with van der Waals surface area (Å²) in [6.07, 6.45) is 2.47. The maximum Gasteiger partial charge on any atom is 0.307 e. The summed E-state index contributed by atoms with van der Waals surface area (Å²) >= 11 is 0. The van der Waals surface area contributed by atoms with Gasteiger partial charge in [0.1, 0.15) is 0 Å². The second kappa shape index (κ2) is 4.93. The molecule has 1 aliphatic heterocycles. The summed E-state index contributed by atoms with van der Waals surface area (Å²) in [7, 11) is -2.14. The van der Waals surface area contributed by atoms with Crippen molar-refractivity contribution < 1.29 is 18.3 Å². The molecular weight excluding hydrogens is 270 g/mol. The van der Waals surface area contributed by atoms with Crippen LogP contribution in [0.3, 0.4) is 0 Å². The highest BCUT2D eigenvalue weighted by molar-refractivity contribution is 7.89. The molecular formula is C11H17N3O4S. The molecule has 1 saturated heterocycles. The number of carbonyl (C=O) groups is 1. The van der Waals surface area contributed by atoms with E-state index in [1.807, 2.05) is 0 Å². The summed E-state index contributed by atoms with van der Waals surface area (Å²) in [6.45, 7) is 1.82. The van der Waals surface area contributed by atoms with E-state index >= 15 is 0 Å². The Bertz CT molecular complexity index is 581. The number of hydrogen-bond donors (Lipinski definition) is 1. The van der Waals surface area contributed by atoms with Crippen LogP contribution >= 0.6 is 0 Å². The number of aliphatic carboxylic acids is 1. The van der Waals surface area contributed by atoms with Gasteiger partial charge >= 0.3 is 5.97 Å². The van der Waals surface area contributed by atoms with Crippen molar-refractivity contribution in [3.63, 3.8) is 0 Å². The van der Waals surface area contributed by atoms with Crippen molar-refractivity contribution >= 4 is 16.0 Å². The zero-order valence-corrected chi connectivity index (χ0v) is 11.7. The first kappa shape index (κ1) is 14.0. The Morgan fingerprint density at radius 3 is 2.68 bits per heavy atom. The smallest absolute Gasteiger partial charge is 0.307 e. The van der Waals surface area contributed by atoms with Crippen LogP contribution < -0.4 is 0 Å². The highest BCUT2D eigenvalue weighted by Gasteiger charge is 2.38. The third-order valence-corrected chi connectivity index (χ3v) is 5.58. The molecule has 0 bridgehead atoms. The molecule has 0 saturated carbocycles. The molecule has 0 spiro atoms. The van der Waals surface area contributed by atoms with Crippen LogP contribution in [0.15, 0.2) is 17.3 Å². The van der Waals surface area contributed by atoms with Gasteiger partial charge in [0.25, 0.3) is 10.0 Å². The van der Waals surface area contributed by atoms with E-state index in [0.717, 1.165) is 0 Å². The Morgan fingerprint density at radius 2 is 2.16 bits per heavy atom. The number of hydrogen-bond acceptors (Lipinski definition) is 4. The van der Waals surface area contributed by atoms with Crippen LogP contribution in [0.2, 0.25) is 0 Å². The number of aryl methyl sites for hydroxylation is 1. The largest absolute Gasteiger partial charge is 0.481 e. The van der Waals surface area contributed by atoms with Crippen molar-refractivity contribution in [1.82, 2.24) is 14.1 Å². The van der Waals surface area contributed by atoms with Crippen molar-refractivity contribution in [3.8, 4) is 0 Å². The topological polar surface area (TPSA) is 92.5 Å². The predicted octanol–water partition coefficient (Wildman–Crippen LogP) is 0.294. The normalized spacial score (nSPS) is 25.4. The monoisotopic (exact) mass is 287 g/mol. The van der Waals surface area contributed by atoms with E-state index in [4.69, 9.17) is 5.11 Å². The van der Waals surface area contributed by atoms with Crippen LogP contribution in [0.5, 0.6) is 0 Å². The molecule has 2 rings (SSSR count). The highest BCUT2D eigenvalue weighted by Crippen LogP contribution is 2.27. The molecule has 19 heavy (non-hydrogen) atoms. The third-order valence-electron chi connectivity index (χ3n) is 3.52. The summed E-state index contributed by atoms with van der Waals surface area (Å²) in [4.78, 5) is 11.0. The molecule has 1 fully saturated rings. The van der Waals surface area contributed by atoms with Crippen molar-refractivity contribution in [2.24, 2.45) is 13.0 Å². The van der Waals surface area contributed by atoms with Gasteiger partial charge < -0.3 is 5.11 Å². The number of nitrogens with zero attached hydrogens (tertiary/aromatic N) is 3. The number of sulfonamides is 1. The molecule has 106 valence electrons. The fraction of sp³-hybridized carbons (Fsp3) is 0.636. The van der Waals surface area contributed by atoms with Gasteiger partial charge in [-0.2, -0.15) is 9.40 Å². The van der Waals surface area contributed by atoms with Gasteiger partial charge in [-0.25, -0.2) is 8.42 Å². The minimum atomic E-state index is -3.69. The lowest BCUT2D eigenvalue weighted by Gasteiger charge is -2.35. The van der Waals surface area contributed by atoms with Crippen LogP contribution in [-0.2, 0) is 21.9 Å². The van der Waals surface area contributed by atoms with Crippen LogP contribution in [0.25, 0.3) is 0 Å². The third kappa shape index (κ3) is 2.50. The zero-order chi connectivity index (χ0) is 14.2. The van der Waals surface area contributed by atoms with E-state index in [1.54, 1.807) is 14.0 Å². The van der Waals surface area contributed by atoms with Gasteiger partial charge in [0, 0.05) is 19.6 Å². The minimum Gasteiger partial charge on any atom is -0.481 e. The van der Waals surface area contributed by atoms with E-state index in [9.17, 15) is 13.2 Å². The first-order valence-electron chi connectivity index (χ1n) is 6.06. The Balaban J connectivity index is 2.33. The van der Waals surface area contributed by atoms with Gasteiger partial charge in [0.05, 0.1) is 12.1 Å². The van der Waals surface area contributed by atoms with E-state index in [2.05, 4.69) is 5.10 Å². The molecule has 0 radical (unpaired) electrons. The molecule has 1 aromatic heterocycles. The van der Waals surface area contributed by atoms with Gasteiger partial charge in [-0.3, -0.25) is 9.48 Å². The minimum absolute atomic E-state index is 0.0179. The van der Waals surface area contributed by atoms with Crippen LogP contribution in [0.4, 0.5) is 0 Å². The van der Waals surface area contributed by atoms with Gasteiger partial charge in [0.15, 0.2) is 5.03 Å². The Hall–Kier alpha value is -1.41. The number of aromatic nitrogens is 2.